The number of carbonyl (C=O) groups excluding carboxylic acids is 1. The van der Waals surface area contributed by atoms with Crippen molar-refractivity contribution in [3.05, 3.63) is 70.5 Å². The van der Waals surface area contributed by atoms with Crippen LogP contribution in [0, 0.1) is 0 Å². The molecule has 1 amide bonds. The quantitative estimate of drug-likeness (QED) is 0.653. The molecule has 0 atom stereocenters. The number of benzene rings is 2. The average molecular weight is 405 g/mol. The second-order valence-electron chi connectivity index (χ2n) is 7.06. The molecule has 0 aliphatic carbocycles. The molecule has 30 heavy (non-hydrogen) atoms. The number of amides is 1. The van der Waals surface area contributed by atoms with Gasteiger partial charge in [0.2, 0.25) is 5.91 Å². The number of ether oxygens (including phenoxy) is 2. The Morgan fingerprint density at radius 1 is 1.07 bits per heavy atom. The fourth-order valence-corrected chi connectivity index (χ4v) is 3.73. The smallest absolute Gasteiger partial charge is 0.267 e. The molecule has 0 spiro atoms. The molecular weight excluding hydrogens is 382 g/mol. The zero-order valence-electron chi connectivity index (χ0n) is 17.0. The lowest BCUT2D eigenvalue weighted by molar-refractivity contribution is -0.119. The number of rotatable bonds is 5. The van der Waals surface area contributed by atoms with E-state index in [1.165, 1.54) is 10.7 Å². The lowest BCUT2D eigenvalue weighted by atomic mass is 10.0. The van der Waals surface area contributed by atoms with Gasteiger partial charge >= 0.3 is 0 Å². The summed E-state index contributed by atoms with van der Waals surface area (Å²) in [6.07, 6.45) is 1.84. The van der Waals surface area contributed by atoms with Gasteiger partial charge < -0.3 is 14.4 Å². The van der Waals surface area contributed by atoms with Crippen LogP contribution in [-0.4, -0.2) is 36.5 Å². The minimum atomic E-state index is -0.334. The Kier molecular flexibility index (Phi) is 5.52. The van der Waals surface area contributed by atoms with E-state index in [2.05, 4.69) is 5.10 Å². The highest BCUT2D eigenvalue weighted by atomic mass is 16.5. The van der Waals surface area contributed by atoms with Crippen molar-refractivity contribution in [2.24, 2.45) is 0 Å². The number of hydrogen-bond donors (Lipinski definition) is 0. The molecule has 7 nitrogen and oxygen atoms in total. The fourth-order valence-electron chi connectivity index (χ4n) is 3.73. The van der Waals surface area contributed by atoms with Gasteiger partial charge in [0, 0.05) is 23.9 Å². The summed E-state index contributed by atoms with van der Waals surface area (Å²) in [4.78, 5) is 27.2. The third-order valence-electron chi connectivity index (χ3n) is 5.25. The third kappa shape index (κ3) is 3.78. The SMILES string of the molecule is COc1ccc(OC)c(-c2ccc(=O)n(CC(=O)N3CCCc4ccccc43)n2)c1. The predicted octanol–water partition coefficient (Wildman–Crippen LogP) is 2.91. The van der Waals surface area contributed by atoms with Gasteiger partial charge in [-0.05, 0) is 48.7 Å². The highest BCUT2D eigenvalue weighted by Crippen LogP contribution is 2.32. The van der Waals surface area contributed by atoms with Crippen LogP contribution < -0.4 is 19.9 Å². The van der Waals surface area contributed by atoms with E-state index in [1.54, 1.807) is 43.4 Å². The Bertz CT molecular complexity index is 1140. The number of nitrogens with zero attached hydrogens (tertiary/aromatic N) is 3. The molecule has 0 saturated carbocycles. The molecule has 0 N–H and O–H groups in total. The molecule has 1 aliphatic rings. The molecule has 2 aromatic carbocycles. The van der Waals surface area contributed by atoms with Crippen molar-refractivity contribution in [2.75, 3.05) is 25.7 Å². The topological polar surface area (TPSA) is 73.7 Å². The molecule has 1 aromatic heterocycles. The molecule has 0 fully saturated rings. The summed E-state index contributed by atoms with van der Waals surface area (Å²) in [5, 5.41) is 4.44. The zero-order valence-corrected chi connectivity index (χ0v) is 17.0. The summed E-state index contributed by atoms with van der Waals surface area (Å²) >= 11 is 0. The first kappa shape index (κ1) is 19.7. The molecule has 4 rings (SSSR count). The number of fused-ring (bicyclic) bond motifs is 1. The van der Waals surface area contributed by atoms with Gasteiger partial charge in [-0.25, -0.2) is 4.68 Å². The zero-order chi connectivity index (χ0) is 21.1. The van der Waals surface area contributed by atoms with Gasteiger partial charge in [0.1, 0.15) is 18.0 Å². The van der Waals surface area contributed by atoms with Gasteiger partial charge in [-0.2, -0.15) is 5.10 Å². The van der Waals surface area contributed by atoms with E-state index in [9.17, 15) is 9.59 Å². The molecular formula is C23H23N3O4. The van der Waals surface area contributed by atoms with Crippen LogP contribution in [0.15, 0.2) is 59.4 Å². The first-order chi connectivity index (χ1) is 14.6. The van der Waals surface area contributed by atoms with Crippen LogP contribution in [0.3, 0.4) is 0 Å². The van der Waals surface area contributed by atoms with E-state index < -0.39 is 0 Å². The summed E-state index contributed by atoms with van der Waals surface area (Å²) in [6.45, 7) is 0.501. The van der Waals surface area contributed by atoms with Gasteiger partial charge in [0.25, 0.3) is 5.56 Å². The maximum Gasteiger partial charge on any atom is 0.267 e. The summed E-state index contributed by atoms with van der Waals surface area (Å²) in [7, 11) is 3.15. The second-order valence-corrected chi connectivity index (χ2v) is 7.06. The summed E-state index contributed by atoms with van der Waals surface area (Å²) in [6, 6.07) is 16.3. The van der Waals surface area contributed by atoms with E-state index in [4.69, 9.17) is 9.47 Å². The van der Waals surface area contributed by atoms with Crippen LogP contribution in [0.2, 0.25) is 0 Å². The predicted molar refractivity (Wildman–Crippen MR) is 114 cm³/mol. The Morgan fingerprint density at radius 2 is 1.90 bits per heavy atom. The largest absolute Gasteiger partial charge is 0.497 e. The van der Waals surface area contributed by atoms with Crippen LogP contribution >= 0.6 is 0 Å². The number of carbonyl (C=O) groups is 1. The van der Waals surface area contributed by atoms with Crippen LogP contribution in [0.1, 0.15) is 12.0 Å². The van der Waals surface area contributed by atoms with Gasteiger partial charge in [-0.1, -0.05) is 18.2 Å². The van der Waals surface area contributed by atoms with Crippen molar-refractivity contribution in [1.29, 1.82) is 0 Å². The monoisotopic (exact) mass is 405 g/mol. The average Bonchev–Trinajstić information content (AvgIpc) is 2.79. The van der Waals surface area contributed by atoms with E-state index in [1.807, 2.05) is 24.3 Å². The Morgan fingerprint density at radius 3 is 2.70 bits per heavy atom. The lowest BCUT2D eigenvalue weighted by Gasteiger charge is -2.29. The maximum atomic E-state index is 13.0. The van der Waals surface area contributed by atoms with Gasteiger partial charge in [0.15, 0.2) is 0 Å². The van der Waals surface area contributed by atoms with Crippen LogP contribution in [0.25, 0.3) is 11.3 Å². The number of aromatic nitrogens is 2. The summed E-state index contributed by atoms with van der Waals surface area (Å²) in [5.74, 6) is 1.09. The van der Waals surface area contributed by atoms with E-state index in [0.717, 1.165) is 24.1 Å². The van der Waals surface area contributed by atoms with Gasteiger partial charge in [0.05, 0.1) is 19.9 Å². The van der Waals surface area contributed by atoms with Crippen LogP contribution in [0.5, 0.6) is 11.5 Å². The first-order valence-electron chi connectivity index (χ1n) is 9.79. The molecule has 0 saturated heterocycles. The highest BCUT2D eigenvalue weighted by molar-refractivity contribution is 5.94. The Labute approximate surface area is 174 Å². The van der Waals surface area contributed by atoms with Crippen molar-refractivity contribution in [3.8, 4) is 22.8 Å². The van der Waals surface area contributed by atoms with Crippen molar-refractivity contribution < 1.29 is 14.3 Å². The molecule has 3 aromatic rings. The second kappa shape index (κ2) is 8.41. The number of para-hydroxylation sites is 1. The number of aryl methyl sites for hydroxylation is 1. The normalized spacial score (nSPS) is 12.9. The van der Waals surface area contributed by atoms with Crippen LogP contribution in [0.4, 0.5) is 5.69 Å². The third-order valence-corrected chi connectivity index (χ3v) is 5.25. The van der Waals surface area contributed by atoms with Gasteiger partial charge in [-0.3, -0.25) is 9.59 Å². The minimum absolute atomic E-state index is 0.132. The van der Waals surface area contributed by atoms with E-state index in [0.29, 0.717) is 29.3 Å². The molecule has 154 valence electrons. The number of methoxy groups -OCH3 is 2. The Balaban J connectivity index is 1.66. The van der Waals surface area contributed by atoms with Crippen LogP contribution in [-0.2, 0) is 17.8 Å². The van der Waals surface area contributed by atoms with Crippen molar-refractivity contribution in [2.45, 2.75) is 19.4 Å². The van der Waals surface area contributed by atoms with Crippen molar-refractivity contribution in [1.82, 2.24) is 9.78 Å². The highest BCUT2D eigenvalue weighted by Gasteiger charge is 2.23. The molecule has 1 aliphatic heterocycles. The molecule has 0 radical (unpaired) electrons. The Hall–Kier alpha value is -3.61. The standard InChI is InChI=1S/C23H23N3O4/c1-29-17-9-11-21(30-2)18(14-17)19-10-12-22(27)26(24-19)15-23(28)25-13-5-7-16-6-3-4-8-20(16)25/h3-4,6,8-12,14H,5,7,13,15H2,1-2H3. The molecule has 0 bridgehead atoms. The van der Waals surface area contributed by atoms with Crippen molar-refractivity contribution in [3.63, 3.8) is 0 Å². The maximum absolute atomic E-state index is 13.0. The summed E-state index contributed by atoms with van der Waals surface area (Å²) in [5.41, 5.74) is 2.93. The first-order valence-corrected chi connectivity index (χ1v) is 9.79. The fraction of sp³-hybridized carbons (Fsp3) is 0.261. The molecule has 2 heterocycles. The molecule has 7 heteroatoms. The van der Waals surface area contributed by atoms with Gasteiger partial charge in [-0.15, -0.1) is 0 Å². The van der Waals surface area contributed by atoms with E-state index >= 15 is 0 Å². The summed E-state index contributed by atoms with van der Waals surface area (Å²) < 4.78 is 11.9. The van der Waals surface area contributed by atoms with Crippen molar-refractivity contribution >= 4 is 11.6 Å². The number of anilines is 1. The minimum Gasteiger partial charge on any atom is -0.497 e. The molecule has 0 unspecified atom stereocenters. The van der Waals surface area contributed by atoms with E-state index in [-0.39, 0.29) is 18.0 Å². The lowest BCUT2D eigenvalue weighted by Crippen LogP contribution is -2.40. The number of hydrogen-bond acceptors (Lipinski definition) is 5.